The molecule has 1 aliphatic carbocycles. The zero-order chi connectivity index (χ0) is 14.8. The maximum atomic E-state index is 13.2. The summed E-state index contributed by atoms with van der Waals surface area (Å²) in [4.78, 5) is 15.1. The Morgan fingerprint density at radius 1 is 1.38 bits per heavy atom. The van der Waals surface area contributed by atoms with Crippen LogP contribution in [0, 0.1) is 11.3 Å². The SMILES string of the molecule is CC1(C)C2OCCC2C1(N)C(=O)N1CCc2ccccc21. The Labute approximate surface area is 125 Å². The Morgan fingerprint density at radius 2 is 2.14 bits per heavy atom. The Morgan fingerprint density at radius 3 is 2.95 bits per heavy atom. The van der Waals surface area contributed by atoms with Gasteiger partial charge in [0.1, 0.15) is 5.54 Å². The Hall–Kier alpha value is -1.39. The first-order valence-corrected chi connectivity index (χ1v) is 7.78. The number of hydrogen-bond donors (Lipinski definition) is 1. The molecule has 1 aromatic rings. The molecule has 4 rings (SSSR count). The van der Waals surface area contributed by atoms with Gasteiger partial charge in [0, 0.05) is 30.2 Å². The largest absolute Gasteiger partial charge is 0.377 e. The van der Waals surface area contributed by atoms with Crippen molar-refractivity contribution >= 4 is 11.6 Å². The van der Waals surface area contributed by atoms with E-state index in [0.717, 1.165) is 31.7 Å². The monoisotopic (exact) mass is 286 g/mol. The van der Waals surface area contributed by atoms with E-state index in [9.17, 15) is 4.79 Å². The number of nitrogens with zero attached hydrogens (tertiary/aromatic N) is 1. The van der Waals surface area contributed by atoms with Crippen molar-refractivity contribution in [1.29, 1.82) is 0 Å². The minimum Gasteiger partial charge on any atom is -0.377 e. The fourth-order valence-corrected chi connectivity index (χ4v) is 4.59. The number of benzene rings is 1. The number of hydrogen-bond acceptors (Lipinski definition) is 3. The standard InChI is InChI=1S/C17H22N2O2/c1-16(2)14-12(8-10-21-14)17(16,18)15(20)19-9-7-11-5-3-4-6-13(11)19/h3-6,12,14H,7-10,18H2,1-2H3. The molecular weight excluding hydrogens is 264 g/mol. The van der Waals surface area contributed by atoms with Crippen molar-refractivity contribution in [2.45, 2.75) is 38.3 Å². The van der Waals surface area contributed by atoms with E-state index in [0.29, 0.717) is 0 Å². The Bertz CT molecular complexity index is 613. The summed E-state index contributed by atoms with van der Waals surface area (Å²) in [5.41, 5.74) is 7.85. The van der Waals surface area contributed by atoms with Gasteiger partial charge in [0.2, 0.25) is 5.91 Å². The summed E-state index contributed by atoms with van der Waals surface area (Å²) in [6, 6.07) is 8.14. The lowest BCUT2D eigenvalue weighted by molar-refractivity contribution is -0.173. The summed E-state index contributed by atoms with van der Waals surface area (Å²) in [5.74, 6) is 0.233. The number of anilines is 1. The molecule has 1 saturated heterocycles. The number of fused-ring (bicyclic) bond motifs is 2. The highest BCUT2D eigenvalue weighted by Crippen LogP contribution is 2.59. The molecule has 0 radical (unpaired) electrons. The molecule has 4 nitrogen and oxygen atoms in total. The molecule has 0 bridgehead atoms. The van der Waals surface area contributed by atoms with Crippen molar-refractivity contribution in [3.8, 4) is 0 Å². The number of ether oxygens (including phenoxy) is 1. The highest BCUT2D eigenvalue weighted by Gasteiger charge is 2.72. The quantitative estimate of drug-likeness (QED) is 0.855. The van der Waals surface area contributed by atoms with E-state index < -0.39 is 5.54 Å². The minimum atomic E-state index is -0.800. The van der Waals surface area contributed by atoms with E-state index in [-0.39, 0.29) is 23.3 Å². The van der Waals surface area contributed by atoms with Gasteiger partial charge in [0.05, 0.1) is 6.10 Å². The predicted octanol–water partition coefficient (Wildman–Crippen LogP) is 1.72. The van der Waals surface area contributed by atoms with Crippen molar-refractivity contribution < 1.29 is 9.53 Å². The summed E-state index contributed by atoms with van der Waals surface area (Å²) in [6.45, 7) is 5.60. The molecule has 1 aromatic carbocycles. The first kappa shape index (κ1) is 13.3. The third kappa shape index (κ3) is 1.44. The van der Waals surface area contributed by atoms with Crippen molar-refractivity contribution in [3.05, 3.63) is 29.8 Å². The molecule has 4 heteroatoms. The van der Waals surface area contributed by atoms with E-state index in [4.69, 9.17) is 10.5 Å². The Balaban J connectivity index is 1.70. The second-order valence-electron chi connectivity index (χ2n) is 7.11. The number of rotatable bonds is 1. The highest BCUT2D eigenvalue weighted by molar-refractivity contribution is 6.03. The average Bonchev–Trinajstić information content (AvgIpc) is 3.11. The predicted molar refractivity (Wildman–Crippen MR) is 81.0 cm³/mol. The lowest BCUT2D eigenvalue weighted by atomic mass is 9.47. The van der Waals surface area contributed by atoms with Gasteiger partial charge in [0.25, 0.3) is 0 Å². The fourth-order valence-electron chi connectivity index (χ4n) is 4.59. The third-order valence-electron chi connectivity index (χ3n) is 5.94. The van der Waals surface area contributed by atoms with Crippen LogP contribution in [-0.4, -0.2) is 30.7 Å². The molecule has 1 amide bonds. The summed E-state index contributed by atoms with van der Waals surface area (Å²) in [5, 5.41) is 0. The van der Waals surface area contributed by atoms with E-state index >= 15 is 0 Å². The van der Waals surface area contributed by atoms with Crippen LogP contribution in [0.4, 0.5) is 5.69 Å². The molecule has 2 heterocycles. The van der Waals surface area contributed by atoms with E-state index in [1.165, 1.54) is 5.56 Å². The smallest absolute Gasteiger partial charge is 0.248 e. The van der Waals surface area contributed by atoms with Gasteiger partial charge >= 0.3 is 0 Å². The van der Waals surface area contributed by atoms with Crippen LogP contribution in [0.5, 0.6) is 0 Å². The van der Waals surface area contributed by atoms with Crippen LogP contribution in [0.1, 0.15) is 25.8 Å². The van der Waals surface area contributed by atoms with Gasteiger partial charge in [0.15, 0.2) is 0 Å². The van der Waals surface area contributed by atoms with Gasteiger partial charge in [-0.1, -0.05) is 32.0 Å². The summed E-state index contributed by atoms with van der Waals surface area (Å²) in [6.07, 6.45) is 1.94. The maximum Gasteiger partial charge on any atom is 0.248 e. The lowest BCUT2D eigenvalue weighted by Crippen LogP contribution is -2.80. The van der Waals surface area contributed by atoms with Crippen molar-refractivity contribution in [3.63, 3.8) is 0 Å². The van der Waals surface area contributed by atoms with Crippen LogP contribution < -0.4 is 10.6 Å². The molecule has 2 N–H and O–H groups in total. The molecular formula is C17H22N2O2. The number of nitrogens with two attached hydrogens (primary N) is 1. The average molecular weight is 286 g/mol. The highest BCUT2D eigenvalue weighted by atomic mass is 16.5. The first-order chi connectivity index (χ1) is 9.98. The van der Waals surface area contributed by atoms with E-state index in [2.05, 4.69) is 19.9 Å². The van der Waals surface area contributed by atoms with Crippen LogP contribution >= 0.6 is 0 Å². The normalized spacial score (nSPS) is 36.0. The molecule has 3 aliphatic rings. The van der Waals surface area contributed by atoms with E-state index in [1.54, 1.807) is 0 Å². The van der Waals surface area contributed by atoms with Crippen LogP contribution in [0.15, 0.2) is 24.3 Å². The lowest BCUT2D eigenvalue weighted by Gasteiger charge is -2.61. The molecule has 2 aliphatic heterocycles. The Kier molecular flexibility index (Phi) is 2.58. The number of para-hydroxylation sites is 1. The van der Waals surface area contributed by atoms with Gasteiger partial charge in [-0.05, 0) is 24.5 Å². The molecule has 3 atom stereocenters. The van der Waals surface area contributed by atoms with Crippen LogP contribution in [-0.2, 0) is 16.0 Å². The van der Waals surface area contributed by atoms with Crippen molar-refractivity contribution in [2.75, 3.05) is 18.1 Å². The molecule has 1 saturated carbocycles. The van der Waals surface area contributed by atoms with Gasteiger partial charge in [-0.3, -0.25) is 4.79 Å². The molecule has 2 fully saturated rings. The third-order valence-corrected chi connectivity index (χ3v) is 5.94. The van der Waals surface area contributed by atoms with Crippen molar-refractivity contribution in [1.82, 2.24) is 0 Å². The van der Waals surface area contributed by atoms with Crippen LogP contribution in [0.25, 0.3) is 0 Å². The zero-order valence-electron chi connectivity index (χ0n) is 12.6. The van der Waals surface area contributed by atoms with E-state index in [1.807, 2.05) is 23.1 Å². The molecule has 21 heavy (non-hydrogen) atoms. The summed E-state index contributed by atoms with van der Waals surface area (Å²) in [7, 11) is 0. The second kappa shape index (κ2) is 4.08. The van der Waals surface area contributed by atoms with Gasteiger partial charge in [-0.25, -0.2) is 0 Å². The zero-order valence-corrected chi connectivity index (χ0v) is 12.6. The minimum absolute atomic E-state index is 0.0733. The maximum absolute atomic E-state index is 13.2. The first-order valence-electron chi connectivity index (χ1n) is 7.78. The number of carbonyl (C=O) groups excluding carboxylic acids is 1. The molecule has 0 spiro atoms. The van der Waals surface area contributed by atoms with Crippen LogP contribution in [0.2, 0.25) is 0 Å². The number of amides is 1. The van der Waals surface area contributed by atoms with Gasteiger partial charge < -0.3 is 15.4 Å². The second-order valence-corrected chi connectivity index (χ2v) is 7.11. The number of carbonyl (C=O) groups is 1. The molecule has 0 aromatic heterocycles. The topological polar surface area (TPSA) is 55.6 Å². The van der Waals surface area contributed by atoms with Crippen LogP contribution in [0.3, 0.4) is 0 Å². The van der Waals surface area contributed by atoms with Gasteiger partial charge in [-0.15, -0.1) is 0 Å². The molecule has 112 valence electrons. The fraction of sp³-hybridized carbons (Fsp3) is 0.588. The van der Waals surface area contributed by atoms with Crippen molar-refractivity contribution in [2.24, 2.45) is 17.1 Å². The molecule has 3 unspecified atom stereocenters. The summed E-state index contributed by atoms with van der Waals surface area (Å²) >= 11 is 0. The summed E-state index contributed by atoms with van der Waals surface area (Å²) < 4.78 is 5.79. The van der Waals surface area contributed by atoms with Gasteiger partial charge in [-0.2, -0.15) is 0 Å².